The van der Waals surface area contributed by atoms with Crippen LogP contribution in [0.25, 0.3) is 0 Å². The van der Waals surface area contributed by atoms with E-state index in [0.29, 0.717) is 11.6 Å². The molecule has 0 spiro atoms. The Hall–Kier alpha value is -0.260. The highest BCUT2D eigenvalue weighted by molar-refractivity contribution is 9.10. The zero-order chi connectivity index (χ0) is 14.0. The number of anilines is 1. The quantitative estimate of drug-likeness (QED) is 0.896. The van der Waals surface area contributed by atoms with Crippen molar-refractivity contribution in [2.75, 3.05) is 17.6 Å². The van der Waals surface area contributed by atoms with Crippen LogP contribution < -0.4 is 5.32 Å². The van der Waals surface area contributed by atoms with Crippen molar-refractivity contribution in [3.8, 4) is 0 Å². The van der Waals surface area contributed by atoms with Gasteiger partial charge in [-0.1, -0.05) is 17.7 Å². The fourth-order valence-corrected chi connectivity index (χ4v) is 2.83. The molecular weight excluding hydrogens is 338 g/mol. The molecule has 0 heterocycles. The van der Waals surface area contributed by atoms with E-state index in [-0.39, 0.29) is 5.75 Å². The van der Waals surface area contributed by atoms with Crippen LogP contribution in [0.5, 0.6) is 0 Å². The highest BCUT2D eigenvalue weighted by Gasteiger charge is 2.28. The smallest absolute Gasteiger partial charge is 0.156 e. The molecule has 3 nitrogen and oxygen atoms in total. The number of hydrogen-bond acceptors (Lipinski definition) is 3. The maximum absolute atomic E-state index is 11.9. The molecular formula is C12H17BrClNO2S. The molecule has 102 valence electrons. The van der Waals surface area contributed by atoms with Gasteiger partial charge in [0.05, 0.1) is 20.0 Å². The first kappa shape index (κ1) is 15.8. The van der Waals surface area contributed by atoms with Crippen molar-refractivity contribution in [3.05, 3.63) is 27.7 Å². The van der Waals surface area contributed by atoms with Crippen molar-refractivity contribution in [1.29, 1.82) is 0 Å². The number of halogens is 2. The Balaban J connectivity index is 2.66. The minimum Gasteiger partial charge on any atom is -0.383 e. The minimum atomic E-state index is -3.10. The predicted molar refractivity (Wildman–Crippen MR) is 81.2 cm³/mol. The van der Waals surface area contributed by atoms with Crippen LogP contribution >= 0.6 is 27.5 Å². The Kier molecular flexibility index (Phi) is 5.09. The first-order valence-corrected chi connectivity index (χ1v) is 8.37. The summed E-state index contributed by atoms with van der Waals surface area (Å²) in [6, 6.07) is 5.43. The van der Waals surface area contributed by atoms with Crippen LogP contribution in [-0.4, -0.2) is 25.5 Å². The van der Waals surface area contributed by atoms with Crippen LogP contribution in [0.15, 0.2) is 22.7 Å². The molecule has 0 aliphatic carbocycles. The lowest BCUT2D eigenvalue weighted by Crippen LogP contribution is -2.32. The third-order valence-electron chi connectivity index (χ3n) is 2.57. The molecule has 0 amide bonds. The molecule has 0 aliphatic heterocycles. The van der Waals surface area contributed by atoms with Crippen molar-refractivity contribution in [2.24, 2.45) is 0 Å². The van der Waals surface area contributed by atoms with Gasteiger partial charge in [0, 0.05) is 12.2 Å². The fraction of sp³-hybridized carbons (Fsp3) is 0.500. The van der Waals surface area contributed by atoms with E-state index >= 15 is 0 Å². The molecule has 6 heteroatoms. The summed E-state index contributed by atoms with van der Waals surface area (Å²) < 4.78 is 23.9. The Morgan fingerprint density at radius 2 is 1.94 bits per heavy atom. The van der Waals surface area contributed by atoms with Crippen molar-refractivity contribution in [3.63, 3.8) is 0 Å². The lowest BCUT2D eigenvalue weighted by molar-refractivity contribution is 0.560. The Bertz CT molecular complexity index is 523. The molecule has 0 aromatic heterocycles. The summed E-state index contributed by atoms with van der Waals surface area (Å²) in [6.45, 7) is 5.48. The molecule has 0 fully saturated rings. The standard InChI is InChI=1S/C12H17BrClNO2S/c1-12(2,3)18(16,17)8-7-15-10-6-4-5-9(14)11(10)13/h4-6,15H,7-8H2,1-3H3. The van der Waals surface area contributed by atoms with Crippen LogP contribution in [-0.2, 0) is 9.84 Å². The topological polar surface area (TPSA) is 46.2 Å². The number of hydrogen-bond donors (Lipinski definition) is 1. The van der Waals surface area contributed by atoms with Crippen LogP contribution in [0.4, 0.5) is 5.69 Å². The van der Waals surface area contributed by atoms with Crippen LogP contribution in [0.1, 0.15) is 20.8 Å². The van der Waals surface area contributed by atoms with Gasteiger partial charge in [0.15, 0.2) is 9.84 Å². The highest BCUT2D eigenvalue weighted by Crippen LogP contribution is 2.29. The van der Waals surface area contributed by atoms with Crippen LogP contribution in [0, 0.1) is 0 Å². The summed E-state index contributed by atoms with van der Waals surface area (Å²) in [7, 11) is -3.10. The van der Waals surface area contributed by atoms with Crippen LogP contribution in [0.3, 0.4) is 0 Å². The number of rotatable bonds is 4. The van der Waals surface area contributed by atoms with Gasteiger partial charge in [0.25, 0.3) is 0 Å². The molecule has 0 radical (unpaired) electrons. The largest absolute Gasteiger partial charge is 0.383 e. The fourth-order valence-electron chi connectivity index (χ4n) is 1.27. The van der Waals surface area contributed by atoms with Crippen molar-refractivity contribution < 1.29 is 8.42 Å². The van der Waals surface area contributed by atoms with Crippen LogP contribution in [0.2, 0.25) is 5.02 Å². The molecule has 0 unspecified atom stereocenters. The number of benzene rings is 1. The van der Waals surface area contributed by atoms with E-state index in [9.17, 15) is 8.42 Å². The lowest BCUT2D eigenvalue weighted by Gasteiger charge is -2.19. The molecule has 1 N–H and O–H groups in total. The van der Waals surface area contributed by atoms with Crippen molar-refractivity contribution in [1.82, 2.24) is 0 Å². The van der Waals surface area contributed by atoms with Crippen molar-refractivity contribution >= 4 is 43.1 Å². The highest BCUT2D eigenvalue weighted by atomic mass is 79.9. The van der Waals surface area contributed by atoms with Gasteiger partial charge in [-0.25, -0.2) is 8.42 Å². The molecule has 18 heavy (non-hydrogen) atoms. The zero-order valence-corrected chi connectivity index (χ0v) is 13.8. The van der Waals surface area contributed by atoms with E-state index < -0.39 is 14.6 Å². The van der Waals surface area contributed by atoms with E-state index in [1.807, 2.05) is 12.1 Å². The lowest BCUT2D eigenvalue weighted by atomic mass is 10.3. The van der Waals surface area contributed by atoms with Gasteiger partial charge in [-0.2, -0.15) is 0 Å². The van der Waals surface area contributed by atoms with E-state index in [2.05, 4.69) is 21.2 Å². The average Bonchev–Trinajstić information content (AvgIpc) is 2.22. The molecule has 1 rings (SSSR count). The maximum atomic E-state index is 11.9. The molecule has 1 aromatic carbocycles. The average molecular weight is 355 g/mol. The Morgan fingerprint density at radius 3 is 2.50 bits per heavy atom. The second-order valence-corrected chi connectivity index (χ2v) is 9.02. The first-order valence-electron chi connectivity index (χ1n) is 5.55. The summed E-state index contributed by atoms with van der Waals surface area (Å²) >= 11 is 9.31. The third kappa shape index (κ3) is 3.87. The number of sulfone groups is 1. The SMILES string of the molecule is CC(C)(C)S(=O)(=O)CCNc1cccc(Cl)c1Br. The summed E-state index contributed by atoms with van der Waals surface area (Å²) in [6.07, 6.45) is 0. The summed E-state index contributed by atoms with van der Waals surface area (Å²) in [5, 5.41) is 3.67. The summed E-state index contributed by atoms with van der Waals surface area (Å²) in [4.78, 5) is 0. The van der Waals surface area contributed by atoms with E-state index in [4.69, 9.17) is 11.6 Å². The van der Waals surface area contributed by atoms with E-state index in [0.717, 1.165) is 10.2 Å². The Labute approximate surface area is 122 Å². The van der Waals surface area contributed by atoms with Gasteiger partial charge in [-0.15, -0.1) is 0 Å². The zero-order valence-electron chi connectivity index (χ0n) is 10.6. The van der Waals surface area contributed by atoms with Gasteiger partial charge >= 0.3 is 0 Å². The second kappa shape index (κ2) is 5.80. The third-order valence-corrected chi connectivity index (χ3v) is 6.58. The normalized spacial score (nSPS) is 12.5. The summed E-state index contributed by atoms with van der Waals surface area (Å²) in [5.74, 6) is 0.0927. The van der Waals surface area contributed by atoms with Gasteiger partial charge in [-0.3, -0.25) is 0 Å². The second-order valence-electron chi connectivity index (χ2n) is 4.96. The van der Waals surface area contributed by atoms with Gasteiger partial charge < -0.3 is 5.32 Å². The molecule has 0 saturated carbocycles. The molecule has 0 aliphatic rings. The van der Waals surface area contributed by atoms with Crippen molar-refractivity contribution in [2.45, 2.75) is 25.5 Å². The molecule has 1 aromatic rings. The summed E-state index contributed by atoms with van der Waals surface area (Å²) in [5.41, 5.74) is 0.798. The van der Waals surface area contributed by atoms with E-state index in [1.165, 1.54) is 0 Å². The Morgan fingerprint density at radius 1 is 1.33 bits per heavy atom. The molecule has 0 atom stereocenters. The minimum absolute atomic E-state index is 0.0927. The predicted octanol–water partition coefficient (Wildman–Crippen LogP) is 3.73. The van der Waals surface area contributed by atoms with E-state index in [1.54, 1.807) is 26.8 Å². The molecule has 0 bridgehead atoms. The first-order chi connectivity index (χ1) is 8.15. The monoisotopic (exact) mass is 353 g/mol. The van der Waals surface area contributed by atoms with Gasteiger partial charge in [0.2, 0.25) is 0 Å². The number of nitrogens with one attached hydrogen (secondary N) is 1. The maximum Gasteiger partial charge on any atom is 0.156 e. The van der Waals surface area contributed by atoms with Gasteiger partial charge in [-0.05, 0) is 48.8 Å². The van der Waals surface area contributed by atoms with Gasteiger partial charge in [0.1, 0.15) is 0 Å². The molecule has 0 saturated heterocycles.